The fourth-order valence-corrected chi connectivity index (χ4v) is 3.13. The molecule has 0 atom stereocenters. The predicted molar refractivity (Wildman–Crippen MR) is 106 cm³/mol. The van der Waals surface area contributed by atoms with Gasteiger partial charge in [-0.1, -0.05) is 0 Å². The van der Waals surface area contributed by atoms with Crippen molar-refractivity contribution in [1.82, 2.24) is 15.0 Å². The summed E-state index contributed by atoms with van der Waals surface area (Å²) in [6.07, 6.45) is 1.47. The highest BCUT2D eigenvalue weighted by molar-refractivity contribution is 6.08. The zero-order valence-electron chi connectivity index (χ0n) is 15.4. The topological polar surface area (TPSA) is 115 Å². The number of hydrogen-bond donors (Lipinski definition) is 2. The maximum Gasteiger partial charge on any atom is 0.311 e. The van der Waals surface area contributed by atoms with Crippen LogP contribution in [0.1, 0.15) is 5.56 Å². The van der Waals surface area contributed by atoms with Crippen molar-refractivity contribution >= 4 is 39.1 Å². The van der Waals surface area contributed by atoms with Gasteiger partial charge in [0.1, 0.15) is 23.1 Å². The molecule has 0 aliphatic heterocycles. The fraction of sp³-hybridized carbons (Fsp3) is 0.158. The second-order valence-electron chi connectivity index (χ2n) is 6.20. The van der Waals surface area contributed by atoms with Crippen LogP contribution in [0, 0.1) is 17.0 Å². The Morgan fingerprint density at radius 1 is 1.14 bits per heavy atom. The predicted octanol–water partition coefficient (Wildman–Crippen LogP) is 4.09. The van der Waals surface area contributed by atoms with E-state index in [4.69, 9.17) is 9.47 Å². The van der Waals surface area contributed by atoms with Gasteiger partial charge in [0.05, 0.1) is 19.1 Å². The van der Waals surface area contributed by atoms with Gasteiger partial charge < -0.3 is 19.8 Å². The number of nitrogens with one attached hydrogen (secondary N) is 2. The molecule has 9 nitrogen and oxygen atoms in total. The zero-order chi connectivity index (χ0) is 19.8. The van der Waals surface area contributed by atoms with E-state index in [1.54, 1.807) is 20.1 Å². The molecule has 0 aliphatic rings. The number of nitro groups is 1. The molecular weight excluding hydrogens is 362 g/mol. The van der Waals surface area contributed by atoms with Crippen LogP contribution in [0.15, 0.2) is 36.7 Å². The third-order valence-corrected chi connectivity index (χ3v) is 4.56. The van der Waals surface area contributed by atoms with Crippen LogP contribution >= 0.6 is 0 Å². The summed E-state index contributed by atoms with van der Waals surface area (Å²) < 4.78 is 10.5. The highest BCUT2D eigenvalue weighted by atomic mass is 16.6. The van der Waals surface area contributed by atoms with Crippen molar-refractivity contribution in [2.45, 2.75) is 6.92 Å². The van der Waals surface area contributed by atoms with Gasteiger partial charge in [-0.15, -0.1) is 0 Å². The molecule has 28 heavy (non-hydrogen) atoms. The molecule has 0 radical (unpaired) electrons. The summed E-state index contributed by atoms with van der Waals surface area (Å²) >= 11 is 0. The standard InChI is InChI=1S/C19H17N5O4/c1-10-6-15(24(25)26)16(28-3)8-14(10)23-19-18-17(20-9-21-19)12-7-11(27-2)4-5-13(12)22-18/h4-9,22H,1-3H3,(H,20,21,23). The molecule has 0 saturated carbocycles. The van der Waals surface area contributed by atoms with Crippen molar-refractivity contribution in [3.63, 3.8) is 0 Å². The van der Waals surface area contributed by atoms with E-state index in [2.05, 4.69) is 20.3 Å². The molecule has 2 aromatic heterocycles. The Balaban J connectivity index is 1.83. The molecule has 142 valence electrons. The van der Waals surface area contributed by atoms with Gasteiger partial charge >= 0.3 is 5.69 Å². The Bertz CT molecular complexity index is 1220. The summed E-state index contributed by atoms with van der Waals surface area (Å²) in [4.78, 5) is 22.8. The fourth-order valence-electron chi connectivity index (χ4n) is 3.13. The number of ether oxygens (including phenoxy) is 2. The minimum Gasteiger partial charge on any atom is -0.497 e. The Kier molecular flexibility index (Phi) is 4.19. The van der Waals surface area contributed by atoms with Crippen molar-refractivity contribution in [2.75, 3.05) is 19.5 Å². The third kappa shape index (κ3) is 2.82. The van der Waals surface area contributed by atoms with Crippen LogP contribution in [0.5, 0.6) is 11.5 Å². The first kappa shape index (κ1) is 17.5. The normalized spacial score (nSPS) is 11.0. The maximum atomic E-state index is 11.2. The van der Waals surface area contributed by atoms with Gasteiger partial charge in [-0.3, -0.25) is 10.1 Å². The number of H-pyrrole nitrogens is 1. The third-order valence-electron chi connectivity index (χ3n) is 4.56. The molecule has 2 aromatic carbocycles. The first-order chi connectivity index (χ1) is 13.5. The van der Waals surface area contributed by atoms with Gasteiger partial charge in [-0.2, -0.15) is 0 Å². The van der Waals surface area contributed by atoms with Crippen LogP contribution in [0.3, 0.4) is 0 Å². The van der Waals surface area contributed by atoms with Gasteiger partial charge in [-0.25, -0.2) is 9.97 Å². The second kappa shape index (κ2) is 6.69. The summed E-state index contributed by atoms with van der Waals surface area (Å²) in [5.74, 6) is 1.46. The first-order valence-corrected chi connectivity index (χ1v) is 8.42. The van der Waals surface area contributed by atoms with E-state index >= 15 is 0 Å². The van der Waals surface area contributed by atoms with Crippen molar-refractivity contribution in [1.29, 1.82) is 0 Å². The van der Waals surface area contributed by atoms with Crippen molar-refractivity contribution < 1.29 is 14.4 Å². The molecule has 4 rings (SSSR count). The van der Waals surface area contributed by atoms with Crippen LogP contribution in [-0.2, 0) is 0 Å². The van der Waals surface area contributed by atoms with E-state index in [-0.39, 0.29) is 11.4 Å². The molecule has 0 fully saturated rings. The number of aromatic amines is 1. The number of methoxy groups -OCH3 is 2. The van der Waals surface area contributed by atoms with E-state index in [1.807, 2.05) is 18.2 Å². The van der Waals surface area contributed by atoms with E-state index in [0.717, 1.165) is 27.7 Å². The van der Waals surface area contributed by atoms with Crippen molar-refractivity contribution in [3.05, 3.63) is 52.3 Å². The average Bonchev–Trinajstić information content (AvgIpc) is 3.07. The molecule has 2 heterocycles. The number of benzene rings is 2. The molecule has 9 heteroatoms. The van der Waals surface area contributed by atoms with Gasteiger partial charge in [0, 0.05) is 28.7 Å². The van der Waals surface area contributed by atoms with Crippen molar-refractivity contribution in [2.24, 2.45) is 0 Å². The summed E-state index contributed by atoms with van der Waals surface area (Å²) in [6.45, 7) is 1.78. The largest absolute Gasteiger partial charge is 0.497 e. The lowest BCUT2D eigenvalue weighted by molar-refractivity contribution is -0.385. The highest BCUT2D eigenvalue weighted by Gasteiger charge is 2.19. The number of aryl methyl sites for hydroxylation is 1. The second-order valence-corrected chi connectivity index (χ2v) is 6.20. The number of anilines is 2. The van der Waals surface area contributed by atoms with Crippen LogP contribution in [-0.4, -0.2) is 34.1 Å². The van der Waals surface area contributed by atoms with Crippen LogP contribution in [0.25, 0.3) is 21.9 Å². The van der Waals surface area contributed by atoms with Crippen LogP contribution < -0.4 is 14.8 Å². The van der Waals surface area contributed by atoms with Gasteiger partial charge in [0.2, 0.25) is 0 Å². The lowest BCUT2D eigenvalue weighted by Crippen LogP contribution is -2.00. The molecule has 0 aliphatic carbocycles. The minimum atomic E-state index is -0.469. The number of fused-ring (bicyclic) bond motifs is 3. The number of rotatable bonds is 5. The minimum absolute atomic E-state index is 0.0870. The Hall–Kier alpha value is -3.88. The molecule has 0 bridgehead atoms. The molecule has 0 saturated heterocycles. The summed E-state index contributed by atoms with van der Waals surface area (Å²) in [5, 5.41) is 15.3. The number of nitrogens with zero attached hydrogens (tertiary/aromatic N) is 3. The van der Waals surface area contributed by atoms with E-state index in [9.17, 15) is 10.1 Å². The molecule has 2 N–H and O–H groups in total. The smallest absolute Gasteiger partial charge is 0.311 e. The quantitative estimate of drug-likeness (QED) is 0.396. The number of nitro benzene ring substituents is 1. The van der Waals surface area contributed by atoms with Gasteiger partial charge in [0.25, 0.3) is 0 Å². The number of hydrogen-bond acceptors (Lipinski definition) is 7. The molecular formula is C19H17N5O4. The lowest BCUT2D eigenvalue weighted by Gasteiger charge is -2.11. The van der Waals surface area contributed by atoms with E-state index in [1.165, 1.54) is 19.5 Å². The summed E-state index contributed by atoms with van der Waals surface area (Å²) in [6, 6.07) is 8.75. The SMILES string of the molecule is COc1ccc2[nH]c3c(Nc4cc(OC)c([N+](=O)[O-])cc4C)ncnc3c2c1. The maximum absolute atomic E-state index is 11.2. The van der Waals surface area contributed by atoms with Crippen LogP contribution in [0.2, 0.25) is 0 Å². The van der Waals surface area contributed by atoms with Crippen molar-refractivity contribution in [3.8, 4) is 11.5 Å². The van der Waals surface area contributed by atoms with Crippen LogP contribution in [0.4, 0.5) is 17.2 Å². The summed E-state index contributed by atoms with van der Waals surface area (Å²) in [7, 11) is 3.01. The Labute approximate surface area is 159 Å². The van der Waals surface area contributed by atoms with E-state index < -0.39 is 4.92 Å². The molecule has 0 spiro atoms. The summed E-state index contributed by atoms with van der Waals surface area (Å²) in [5.41, 5.74) is 3.63. The monoisotopic (exact) mass is 379 g/mol. The Morgan fingerprint density at radius 2 is 1.96 bits per heavy atom. The first-order valence-electron chi connectivity index (χ1n) is 8.42. The lowest BCUT2D eigenvalue weighted by atomic mass is 10.1. The number of aromatic nitrogens is 3. The van der Waals surface area contributed by atoms with E-state index in [0.29, 0.717) is 17.1 Å². The van der Waals surface area contributed by atoms with Gasteiger partial charge in [0.15, 0.2) is 11.6 Å². The highest BCUT2D eigenvalue weighted by Crippen LogP contribution is 2.36. The molecule has 0 unspecified atom stereocenters. The average molecular weight is 379 g/mol. The molecule has 4 aromatic rings. The van der Waals surface area contributed by atoms with Gasteiger partial charge in [-0.05, 0) is 30.7 Å². The Morgan fingerprint density at radius 3 is 2.68 bits per heavy atom. The molecule has 0 amide bonds. The zero-order valence-corrected chi connectivity index (χ0v) is 15.4.